The van der Waals surface area contributed by atoms with Crippen molar-refractivity contribution in [2.24, 2.45) is 5.41 Å². The molecule has 0 saturated carbocycles. The predicted molar refractivity (Wildman–Crippen MR) is 104 cm³/mol. The van der Waals surface area contributed by atoms with Gasteiger partial charge in [0, 0.05) is 30.5 Å². The Morgan fingerprint density at radius 3 is 2.63 bits per heavy atom. The third-order valence-electron chi connectivity index (χ3n) is 5.64. The van der Waals surface area contributed by atoms with E-state index in [0.29, 0.717) is 11.0 Å². The highest BCUT2D eigenvalue weighted by Gasteiger charge is 2.50. The third kappa shape index (κ3) is 3.01. The fraction of sp³-hybridized carbons (Fsp3) is 0.400. The second-order valence-electron chi connectivity index (χ2n) is 7.99. The van der Waals surface area contributed by atoms with Crippen LogP contribution in [-0.2, 0) is 17.3 Å². The first-order valence-corrected chi connectivity index (χ1v) is 10.2. The summed E-state index contributed by atoms with van der Waals surface area (Å²) in [6.07, 6.45) is -4.98. The van der Waals surface area contributed by atoms with Gasteiger partial charge >= 0.3 is 6.18 Å². The van der Waals surface area contributed by atoms with Gasteiger partial charge in [-0.15, -0.1) is 0 Å². The Labute approximate surface area is 172 Å². The first-order chi connectivity index (χ1) is 14.2. The highest BCUT2D eigenvalue weighted by Crippen LogP contribution is 2.42. The molecule has 1 aromatic carbocycles. The van der Waals surface area contributed by atoms with Gasteiger partial charge in [0.05, 0.1) is 29.9 Å². The molecule has 2 saturated heterocycles. The number of anilines is 1. The smallest absolute Gasteiger partial charge is 0.380 e. The summed E-state index contributed by atoms with van der Waals surface area (Å²) >= 11 is 1.34. The summed E-state index contributed by atoms with van der Waals surface area (Å²) in [5.74, 6) is -0.537. The van der Waals surface area contributed by atoms with E-state index in [1.54, 1.807) is 0 Å². The molecule has 5 rings (SSSR count). The summed E-state index contributed by atoms with van der Waals surface area (Å²) in [5.41, 5.74) is -1.38. The lowest BCUT2D eigenvalue weighted by Gasteiger charge is -2.55. The first-order valence-electron chi connectivity index (χ1n) is 9.36. The molecule has 0 aliphatic carbocycles. The lowest BCUT2D eigenvalue weighted by atomic mass is 9.78. The lowest BCUT2D eigenvalue weighted by Crippen LogP contribution is -2.66. The van der Waals surface area contributed by atoms with E-state index < -0.39 is 17.6 Å². The molecule has 3 aromatic rings. The largest absolute Gasteiger partial charge is 0.419 e. The van der Waals surface area contributed by atoms with Gasteiger partial charge in [0.25, 0.3) is 5.56 Å². The van der Waals surface area contributed by atoms with Crippen molar-refractivity contribution >= 4 is 22.1 Å². The summed E-state index contributed by atoms with van der Waals surface area (Å²) in [6.45, 7) is 4.98. The zero-order valence-electron chi connectivity index (χ0n) is 15.9. The molecule has 0 atom stereocenters. The Kier molecular flexibility index (Phi) is 4.24. The minimum atomic E-state index is -4.78. The SMILES string of the molecule is Cc1sc2nc(Cc3cccc(C(F)(F)F)c3F)cc(=O)n2c1N1CC2(COC2)C1. The van der Waals surface area contributed by atoms with Crippen LogP contribution < -0.4 is 10.5 Å². The molecule has 5 nitrogen and oxygen atoms in total. The van der Waals surface area contributed by atoms with Crippen LogP contribution in [0.4, 0.5) is 23.4 Å². The number of aromatic nitrogens is 2. The van der Waals surface area contributed by atoms with Crippen LogP contribution in [0.5, 0.6) is 0 Å². The van der Waals surface area contributed by atoms with E-state index in [2.05, 4.69) is 9.88 Å². The molecule has 158 valence electrons. The molecular formula is C20H17F4N3O2S. The van der Waals surface area contributed by atoms with Crippen molar-refractivity contribution in [2.45, 2.75) is 19.5 Å². The summed E-state index contributed by atoms with van der Waals surface area (Å²) in [7, 11) is 0. The number of ether oxygens (including phenoxy) is 1. The Hall–Kier alpha value is -2.46. The minimum absolute atomic E-state index is 0.149. The molecule has 0 amide bonds. The quantitative estimate of drug-likeness (QED) is 0.585. The highest BCUT2D eigenvalue weighted by molar-refractivity contribution is 7.17. The van der Waals surface area contributed by atoms with Crippen LogP contribution in [0.15, 0.2) is 29.1 Å². The van der Waals surface area contributed by atoms with E-state index in [1.807, 2.05) is 6.92 Å². The third-order valence-corrected chi connectivity index (χ3v) is 6.58. The summed E-state index contributed by atoms with van der Waals surface area (Å²) in [6, 6.07) is 4.40. The fourth-order valence-electron chi connectivity index (χ4n) is 4.18. The second kappa shape index (κ2) is 6.52. The van der Waals surface area contributed by atoms with Crippen LogP contribution in [0.3, 0.4) is 0 Å². The molecule has 0 N–H and O–H groups in total. The van der Waals surface area contributed by atoms with E-state index in [9.17, 15) is 22.4 Å². The number of halogens is 4. The average molecular weight is 439 g/mol. The van der Waals surface area contributed by atoms with Gasteiger partial charge in [-0.05, 0) is 18.6 Å². The Bertz CT molecular complexity index is 1210. The lowest BCUT2D eigenvalue weighted by molar-refractivity contribution is -0.140. The molecule has 2 aliphatic rings. The molecule has 4 heterocycles. The maximum absolute atomic E-state index is 14.4. The number of hydrogen-bond acceptors (Lipinski definition) is 5. The number of aryl methyl sites for hydroxylation is 1. The number of rotatable bonds is 3. The highest BCUT2D eigenvalue weighted by atomic mass is 32.1. The molecule has 1 spiro atoms. The Balaban J connectivity index is 1.49. The number of nitrogens with zero attached hydrogens (tertiary/aromatic N) is 3. The fourth-order valence-corrected chi connectivity index (χ4v) is 5.20. The van der Waals surface area contributed by atoms with Crippen LogP contribution >= 0.6 is 11.3 Å². The standard InChI is InChI=1S/C20H17F4N3O2S/c1-11-17(26-7-19(8-26)9-29-10-19)27-15(28)6-13(25-18(27)30-11)5-12-3-2-4-14(16(12)21)20(22,23)24/h2-4,6H,5,7-10H2,1H3. The van der Waals surface area contributed by atoms with Gasteiger partial charge in [0.15, 0.2) is 4.96 Å². The van der Waals surface area contributed by atoms with E-state index in [4.69, 9.17) is 4.74 Å². The second-order valence-corrected chi connectivity index (χ2v) is 9.17. The molecule has 2 fully saturated rings. The van der Waals surface area contributed by atoms with Gasteiger partial charge in [0.1, 0.15) is 11.6 Å². The number of fused-ring (bicyclic) bond motifs is 1. The van der Waals surface area contributed by atoms with Gasteiger partial charge in [-0.2, -0.15) is 13.2 Å². The van der Waals surface area contributed by atoms with Crippen molar-refractivity contribution in [3.05, 3.63) is 62.1 Å². The maximum Gasteiger partial charge on any atom is 0.419 e. The van der Waals surface area contributed by atoms with Gasteiger partial charge in [0.2, 0.25) is 0 Å². The van der Waals surface area contributed by atoms with Gasteiger partial charge in [-0.25, -0.2) is 13.8 Å². The zero-order valence-corrected chi connectivity index (χ0v) is 16.7. The monoisotopic (exact) mass is 439 g/mol. The van der Waals surface area contributed by atoms with E-state index >= 15 is 0 Å². The molecular weight excluding hydrogens is 422 g/mol. The molecule has 30 heavy (non-hydrogen) atoms. The van der Waals surface area contributed by atoms with Crippen molar-refractivity contribution in [1.82, 2.24) is 9.38 Å². The van der Waals surface area contributed by atoms with Crippen LogP contribution in [0.1, 0.15) is 21.7 Å². The van der Waals surface area contributed by atoms with Crippen LogP contribution in [0.25, 0.3) is 4.96 Å². The van der Waals surface area contributed by atoms with Crippen molar-refractivity contribution in [2.75, 3.05) is 31.2 Å². The normalized spacial score (nSPS) is 18.0. The van der Waals surface area contributed by atoms with Crippen molar-refractivity contribution in [3.8, 4) is 0 Å². The van der Waals surface area contributed by atoms with E-state index in [-0.39, 0.29) is 28.7 Å². The Morgan fingerprint density at radius 1 is 1.27 bits per heavy atom. The summed E-state index contributed by atoms with van der Waals surface area (Å²) < 4.78 is 60.1. The Morgan fingerprint density at radius 2 is 2.00 bits per heavy atom. The number of hydrogen-bond donors (Lipinski definition) is 0. The first kappa shape index (κ1) is 19.5. The molecule has 10 heteroatoms. The zero-order chi connectivity index (χ0) is 21.3. The number of alkyl halides is 3. The van der Waals surface area contributed by atoms with Gasteiger partial charge < -0.3 is 9.64 Å². The topological polar surface area (TPSA) is 46.8 Å². The van der Waals surface area contributed by atoms with Crippen LogP contribution in [0, 0.1) is 18.2 Å². The van der Waals surface area contributed by atoms with Gasteiger partial charge in [-0.1, -0.05) is 23.5 Å². The molecule has 2 aliphatic heterocycles. The summed E-state index contributed by atoms with van der Waals surface area (Å²) in [5, 5.41) is 0. The molecule has 0 radical (unpaired) electrons. The van der Waals surface area contributed by atoms with Crippen LogP contribution in [0.2, 0.25) is 0 Å². The van der Waals surface area contributed by atoms with Crippen LogP contribution in [-0.4, -0.2) is 35.7 Å². The summed E-state index contributed by atoms with van der Waals surface area (Å²) in [4.78, 5) is 20.8. The molecule has 0 bridgehead atoms. The van der Waals surface area contributed by atoms with Crippen molar-refractivity contribution in [1.29, 1.82) is 0 Å². The van der Waals surface area contributed by atoms with Gasteiger partial charge in [-0.3, -0.25) is 4.79 Å². The van der Waals surface area contributed by atoms with Crippen molar-refractivity contribution in [3.63, 3.8) is 0 Å². The minimum Gasteiger partial charge on any atom is -0.380 e. The molecule has 2 aromatic heterocycles. The maximum atomic E-state index is 14.4. The van der Waals surface area contributed by atoms with E-state index in [0.717, 1.165) is 43.1 Å². The molecule has 0 unspecified atom stereocenters. The number of thiazole rings is 1. The predicted octanol–water partition coefficient (Wildman–Crippen LogP) is 3.65. The average Bonchev–Trinajstić information content (AvgIpc) is 2.90. The number of benzene rings is 1. The van der Waals surface area contributed by atoms with E-state index in [1.165, 1.54) is 27.9 Å². The van der Waals surface area contributed by atoms with Crippen molar-refractivity contribution < 1.29 is 22.3 Å².